The zero-order valence-corrected chi connectivity index (χ0v) is 10.5. The molecule has 0 radical (unpaired) electrons. The lowest BCUT2D eigenvalue weighted by molar-refractivity contribution is 0.0987. The molecular formula is C16H15NO2. The lowest BCUT2D eigenvalue weighted by atomic mass is 10.0. The summed E-state index contributed by atoms with van der Waals surface area (Å²) in [5, 5.41) is 9.44. The number of aliphatic hydroxyl groups is 1. The minimum atomic E-state index is -0.0102. The number of carbonyl (C=O) groups is 1. The third-order valence-corrected chi connectivity index (χ3v) is 3.56. The molecule has 3 nitrogen and oxygen atoms in total. The molecule has 1 aliphatic rings. The smallest absolute Gasteiger partial charge is 0.258 e. The number of anilines is 1. The number of hydrogen-bond donors (Lipinski definition) is 1. The topological polar surface area (TPSA) is 40.5 Å². The zero-order chi connectivity index (χ0) is 13.2. The predicted molar refractivity (Wildman–Crippen MR) is 74.4 cm³/mol. The highest BCUT2D eigenvalue weighted by Crippen LogP contribution is 2.36. The van der Waals surface area contributed by atoms with Gasteiger partial charge in [0.05, 0.1) is 6.61 Å². The van der Waals surface area contributed by atoms with Gasteiger partial charge in [0.25, 0.3) is 5.91 Å². The summed E-state index contributed by atoms with van der Waals surface area (Å²) < 4.78 is 0. The van der Waals surface area contributed by atoms with Gasteiger partial charge in [0, 0.05) is 23.7 Å². The van der Waals surface area contributed by atoms with Crippen molar-refractivity contribution in [2.24, 2.45) is 0 Å². The van der Waals surface area contributed by atoms with E-state index in [1.54, 1.807) is 4.90 Å². The van der Waals surface area contributed by atoms with Crippen molar-refractivity contribution in [3.8, 4) is 0 Å². The lowest BCUT2D eigenvalue weighted by Gasteiger charge is -2.17. The SMILES string of the molecule is O=C(c1ccccc1)N1CC(CO)c2ccccc21. The fourth-order valence-electron chi connectivity index (χ4n) is 2.58. The molecule has 1 atom stereocenters. The molecule has 0 saturated heterocycles. The molecule has 19 heavy (non-hydrogen) atoms. The summed E-state index contributed by atoms with van der Waals surface area (Å²) in [5.41, 5.74) is 2.64. The Morgan fingerprint density at radius 3 is 2.53 bits per heavy atom. The molecular weight excluding hydrogens is 238 g/mol. The van der Waals surface area contributed by atoms with Gasteiger partial charge in [-0.3, -0.25) is 4.79 Å². The monoisotopic (exact) mass is 253 g/mol. The Morgan fingerprint density at radius 2 is 1.79 bits per heavy atom. The van der Waals surface area contributed by atoms with Crippen LogP contribution >= 0.6 is 0 Å². The second kappa shape index (κ2) is 4.86. The third-order valence-electron chi connectivity index (χ3n) is 3.56. The second-order valence-corrected chi connectivity index (χ2v) is 4.72. The van der Waals surface area contributed by atoms with Crippen molar-refractivity contribution < 1.29 is 9.90 Å². The Balaban J connectivity index is 1.97. The van der Waals surface area contributed by atoms with Gasteiger partial charge in [-0.2, -0.15) is 0 Å². The molecule has 1 aliphatic heterocycles. The number of carbonyl (C=O) groups excluding carboxylic acids is 1. The van der Waals surface area contributed by atoms with Crippen LogP contribution in [0.4, 0.5) is 5.69 Å². The Morgan fingerprint density at radius 1 is 1.11 bits per heavy atom. The Bertz CT molecular complexity index is 595. The molecule has 0 aromatic heterocycles. The maximum Gasteiger partial charge on any atom is 0.258 e. The van der Waals surface area contributed by atoms with Crippen LogP contribution in [0, 0.1) is 0 Å². The molecule has 3 heteroatoms. The minimum Gasteiger partial charge on any atom is -0.396 e. The number of para-hydroxylation sites is 1. The number of fused-ring (bicyclic) bond motifs is 1. The van der Waals surface area contributed by atoms with Gasteiger partial charge in [0.1, 0.15) is 0 Å². The van der Waals surface area contributed by atoms with Gasteiger partial charge in [-0.15, -0.1) is 0 Å². The Labute approximate surface area is 112 Å². The molecule has 1 unspecified atom stereocenters. The fourth-order valence-corrected chi connectivity index (χ4v) is 2.58. The van der Waals surface area contributed by atoms with Crippen LogP contribution in [0.25, 0.3) is 0 Å². The first-order valence-electron chi connectivity index (χ1n) is 6.38. The predicted octanol–water partition coefficient (Wildman–Crippen LogP) is 2.42. The summed E-state index contributed by atoms with van der Waals surface area (Å²) >= 11 is 0. The van der Waals surface area contributed by atoms with Crippen molar-refractivity contribution >= 4 is 11.6 Å². The molecule has 1 N–H and O–H groups in total. The minimum absolute atomic E-state index is 0.0102. The summed E-state index contributed by atoms with van der Waals surface area (Å²) in [6.45, 7) is 0.610. The molecule has 0 fully saturated rings. The van der Waals surface area contributed by atoms with Gasteiger partial charge >= 0.3 is 0 Å². The zero-order valence-electron chi connectivity index (χ0n) is 10.5. The number of hydrogen-bond acceptors (Lipinski definition) is 2. The molecule has 0 saturated carbocycles. The second-order valence-electron chi connectivity index (χ2n) is 4.72. The van der Waals surface area contributed by atoms with Crippen molar-refractivity contribution in [1.82, 2.24) is 0 Å². The number of aliphatic hydroxyl groups excluding tert-OH is 1. The molecule has 2 aromatic rings. The highest BCUT2D eigenvalue weighted by atomic mass is 16.3. The van der Waals surface area contributed by atoms with Crippen LogP contribution < -0.4 is 4.90 Å². The van der Waals surface area contributed by atoms with Gasteiger partial charge in [0.2, 0.25) is 0 Å². The summed E-state index contributed by atoms with van der Waals surface area (Å²) in [5.74, 6) is 0.00728. The van der Waals surface area contributed by atoms with E-state index in [0.717, 1.165) is 11.3 Å². The van der Waals surface area contributed by atoms with Crippen molar-refractivity contribution in [3.05, 3.63) is 65.7 Å². The number of benzene rings is 2. The van der Waals surface area contributed by atoms with Gasteiger partial charge in [-0.25, -0.2) is 0 Å². The van der Waals surface area contributed by atoms with Crippen LogP contribution in [0.1, 0.15) is 21.8 Å². The number of nitrogens with zero attached hydrogens (tertiary/aromatic N) is 1. The first kappa shape index (κ1) is 11.9. The van der Waals surface area contributed by atoms with Crippen molar-refractivity contribution in [1.29, 1.82) is 0 Å². The summed E-state index contributed by atoms with van der Waals surface area (Å²) in [6, 6.07) is 17.0. The molecule has 0 spiro atoms. The Kier molecular flexibility index (Phi) is 3.05. The van der Waals surface area contributed by atoms with Crippen LogP contribution in [0.5, 0.6) is 0 Å². The fraction of sp³-hybridized carbons (Fsp3) is 0.188. The van der Waals surface area contributed by atoms with Crippen LogP contribution in [0.3, 0.4) is 0 Å². The van der Waals surface area contributed by atoms with Gasteiger partial charge in [-0.1, -0.05) is 36.4 Å². The largest absolute Gasteiger partial charge is 0.396 e. The lowest BCUT2D eigenvalue weighted by Crippen LogP contribution is -2.30. The highest BCUT2D eigenvalue weighted by molar-refractivity contribution is 6.07. The molecule has 0 aliphatic carbocycles. The van der Waals surface area contributed by atoms with E-state index in [1.807, 2.05) is 54.6 Å². The maximum atomic E-state index is 12.5. The quantitative estimate of drug-likeness (QED) is 0.893. The van der Waals surface area contributed by atoms with Gasteiger partial charge in [0.15, 0.2) is 0 Å². The van der Waals surface area contributed by atoms with Crippen molar-refractivity contribution in [2.45, 2.75) is 5.92 Å². The van der Waals surface area contributed by atoms with Gasteiger partial charge < -0.3 is 10.0 Å². The van der Waals surface area contributed by atoms with Crippen molar-refractivity contribution in [3.63, 3.8) is 0 Å². The third kappa shape index (κ3) is 2.02. The van der Waals surface area contributed by atoms with E-state index in [-0.39, 0.29) is 18.4 Å². The summed E-state index contributed by atoms with van der Waals surface area (Å²) in [7, 11) is 0. The molecule has 0 bridgehead atoms. The average Bonchev–Trinajstić information content (AvgIpc) is 2.86. The van der Waals surface area contributed by atoms with Crippen LogP contribution in [0.2, 0.25) is 0 Å². The van der Waals surface area contributed by atoms with E-state index < -0.39 is 0 Å². The summed E-state index contributed by atoms with van der Waals surface area (Å²) in [4.78, 5) is 14.3. The highest BCUT2D eigenvalue weighted by Gasteiger charge is 2.31. The first-order chi connectivity index (χ1) is 9.31. The van der Waals surface area contributed by atoms with Crippen LogP contribution in [-0.4, -0.2) is 24.2 Å². The maximum absolute atomic E-state index is 12.5. The van der Waals surface area contributed by atoms with Crippen LogP contribution in [-0.2, 0) is 0 Å². The molecule has 1 amide bonds. The molecule has 96 valence electrons. The van der Waals surface area contributed by atoms with E-state index in [9.17, 15) is 9.90 Å². The van der Waals surface area contributed by atoms with E-state index in [4.69, 9.17) is 0 Å². The van der Waals surface area contributed by atoms with E-state index in [1.165, 1.54) is 0 Å². The summed E-state index contributed by atoms with van der Waals surface area (Å²) in [6.07, 6.45) is 0. The number of amides is 1. The molecule has 2 aromatic carbocycles. The van der Waals surface area contributed by atoms with E-state index in [0.29, 0.717) is 12.1 Å². The number of rotatable bonds is 2. The molecule has 3 rings (SSSR count). The standard InChI is InChI=1S/C16H15NO2/c18-11-13-10-17(15-9-5-4-8-14(13)15)16(19)12-6-2-1-3-7-12/h1-9,13,18H,10-11H2. The molecule has 1 heterocycles. The average molecular weight is 253 g/mol. The van der Waals surface area contributed by atoms with Crippen LogP contribution in [0.15, 0.2) is 54.6 Å². The normalized spacial score (nSPS) is 17.3. The van der Waals surface area contributed by atoms with E-state index in [2.05, 4.69) is 0 Å². The van der Waals surface area contributed by atoms with Gasteiger partial charge in [-0.05, 0) is 23.8 Å². The first-order valence-corrected chi connectivity index (χ1v) is 6.38. The van der Waals surface area contributed by atoms with Crippen molar-refractivity contribution in [2.75, 3.05) is 18.1 Å². The Hall–Kier alpha value is -2.13. The van der Waals surface area contributed by atoms with E-state index >= 15 is 0 Å².